The first kappa shape index (κ1) is 15.8. The molecule has 18 heavy (non-hydrogen) atoms. The van der Waals surface area contributed by atoms with Crippen molar-refractivity contribution in [3.05, 3.63) is 0 Å². The predicted molar refractivity (Wildman–Crippen MR) is 80.1 cm³/mol. The van der Waals surface area contributed by atoms with E-state index in [4.69, 9.17) is 0 Å². The molecule has 1 heterocycles. The van der Waals surface area contributed by atoms with Crippen molar-refractivity contribution in [1.29, 1.82) is 0 Å². The van der Waals surface area contributed by atoms with E-state index in [9.17, 15) is 4.79 Å². The Kier molecular flexibility index (Phi) is 6.50. The Balaban J connectivity index is 2.25. The number of hydrogen-bond donors (Lipinski definition) is 1. The Morgan fingerprint density at radius 3 is 2.78 bits per heavy atom. The molecule has 3 nitrogen and oxygen atoms in total. The Bertz CT molecular complexity index is 267. The predicted octanol–water partition coefficient (Wildman–Crippen LogP) is 2.51. The molecule has 1 fully saturated rings. The second-order valence-electron chi connectivity index (χ2n) is 5.95. The Labute approximate surface area is 116 Å². The Morgan fingerprint density at radius 2 is 2.11 bits per heavy atom. The summed E-state index contributed by atoms with van der Waals surface area (Å²) in [4.78, 5) is 14.1. The second kappa shape index (κ2) is 7.39. The molecule has 0 aliphatic carbocycles. The van der Waals surface area contributed by atoms with Crippen LogP contribution in [0.3, 0.4) is 0 Å². The van der Waals surface area contributed by atoms with Gasteiger partial charge in [-0.1, -0.05) is 27.7 Å². The van der Waals surface area contributed by atoms with Gasteiger partial charge in [0.05, 0.1) is 0 Å². The van der Waals surface area contributed by atoms with E-state index in [0.717, 1.165) is 38.2 Å². The molecule has 0 aromatic rings. The van der Waals surface area contributed by atoms with E-state index >= 15 is 0 Å². The molecule has 4 heteroatoms. The van der Waals surface area contributed by atoms with Crippen molar-refractivity contribution in [1.82, 2.24) is 10.2 Å². The minimum atomic E-state index is 0.328. The minimum absolute atomic E-state index is 0.328. The molecule has 0 unspecified atom stereocenters. The SMILES string of the molecule is CC(C)NCCCC(=O)N1CCSC(C)(C)CC1. The summed E-state index contributed by atoms with van der Waals surface area (Å²) in [6.07, 6.45) is 2.74. The van der Waals surface area contributed by atoms with Crippen LogP contribution in [0.2, 0.25) is 0 Å². The van der Waals surface area contributed by atoms with Crippen molar-refractivity contribution in [2.24, 2.45) is 0 Å². The van der Waals surface area contributed by atoms with Crippen molar-refractivity contribution >= 4 is 17.7 Å². The maximum atomic E-state index is 12.1. The van der Waals surface area contributed by atoms with Crippen molar-refractivity contribution in [2.45, 2.75) is 57.7 Å². The molecule has 0 atom stereocenters. The summed E-state index contributed by atoms with van der Waals surface area (Å²) in [5.74, 6) is 1.40. The fraction of sp³-hybridized carbons (Fsp3) is 0.929. The van der Waals surface area contributed by atoms with Crippen molar-refractivity contribution < 1.29 is 4.79 Å². The number of thioether (sulfide) groups is 1. The van der Waals surface area contributed by atoms with Crippen LogP contribution in [0.1, 0.15) is 47.0 Å². The van der Waals surface area contributed by atoms with E-state index in [1.807, 2.05) is 11.8 Å². The summed E-state index contributed by atoms with van der Waals surface area (Å²) in [7, 11) is 0. The van der Waals surface area contributed by atoms with Crippen molar-refractivity contribution in [3.8, 4) is 0 Å². The standard InChI is InChI=1S/C14H28N2OS/c1-12(2)15-8-5-6-13(17)16-9-7-14(3,4)18-11-10-16/h12,15H,5-11H2,1-4H3. The van der Waals surface area contributed by atoms with Gasteiger partial charge in [-0.3, -0.25) is 4.79 Å². The summed E-state index contributed by atoms with van der Waals surface area (Å²) in [6, 6.07) is 0.510. The molecular formula is C14H28N2OS. The quantitative estimate of drug-likeness (QED) is 0.781. The van der Waals surface area contributed by atoms with Gasteiger partial charge in [-0.2, -0.15) is 11.8 Å². The third kappa shape index (κ3) is 6.10. The van der Waals surface area contributed by atoms with E-state index in [1.165, 1.54) is 0 Å². The topological polar surface area (TPSA) is 32.3 Å². The molecule has 0 radical (unpaired) electrons. The number of rotatable bonds is 5. The van der Waals surface area contributed by atoms with Gasteiger partial charge in [-0.15, -0.1) is 0 Å². The molecular weight excluding hydrogens is 244 g/mol. The highest BCUT2D eigenvalue weighted by Crippen LogP contribution is 2.30. The molecule has 1 amide bonds. The number of carbonyl (C=O) groups excluding carboxylic acids is 1. The molecule has 106 valence electrons. The lowest BCUT2D eigenvalue weighted by atomic mass is 10.1. The van der Waals surface area contributed by atoms with Gasteiger partial charge in [-0.25, -0.2) is 0 Å². The third-order valence-electron chi connectivity index (χ3n) is 3.31. The van der Waals surface area contributed by atoms with Crippen LogP contribution in [-0.2, 0) is 4.79 Å². The van der Waals surface area contributed by atoms with E-state index < -0.39 is 0 Å². The maximum absolute atomic E-state index is 12.1. The lowest BCUT2D eigenvalue weighted by molar-refractivity contribution is -0.131. The summed E-state index contributed by atoms with van der Waals surface area (Å²) < 4.78 is 0.328. The highest BCUT2D eigenvalue weighted by molar-refractivity contribution is 8.00. The van der Waals surface area contributed by atoms with E-state index in [2.05, 4.69) is 37.9 Å². The lowest BCUT2D eigenvalue weighted by Crippen LogP contribution is -2.34. The van der Waals surface area contributed by atoms with Crippen LogP contribution >= 0.6 is 11.8 Å². The average molecular weight is 272 g/mol. The molecule has 1 aliphatic heterocycles. The second-order valence-corrected chi connectivity index (χ2v) is 7.75. The van der Waals surface area contributed by atoms with Gasteiger partial charge in [0.2, 0.25) is 5.91 Å². The fourth-order valence-corrected chi connectivity index (χ4v) is 3.16. The number of carbonyl (C=O) groups is 1. The van der Waals surface area contributed by atoms with Gasteiger partial charge in [0, 0.05) is 36.1 Å². The molecule has 0 aromatic heterocycles. The Morgan fingerprint density at radius 1 is 1.39 bits per heavy atom. The normalized spacial score (nSPS) is 19.9. The molecule has 0 saturated carbocycles. The van der Waals surface area contributed by atoms with Gasteiger partial charge in [0.1, 0.15) is 0 Å². The minimum Gasteiger partial charge on any atom is -0.342 e. The summed E-state index contributed by atoms with van der Waals surface area (Å²) >= 11 is 1.99. The van der Waals surface area contributed by atoms with Gasteiger partial charge < -0.3 is 10.2 Å². The number of amides is 1. The molecule has 1 aliphatic rings. The van der Waals surface area contributed by atoms with Crippen LogP contribution in [0.4, 0.5) is 0 Å². The monoisotopic (exact) mass is 272 g/mol. The summed E-state index contributed by atoms with van der Waals surface area (Å²) in [5, 5.41) is 3.35. The van der Waals surface area contributed by atoms with Crippen molar-refractivity contribution in [2.75, 3.05) is 25.4 Å². The molecule has 0 spiro atoms. The zero-order chi connectivity index (χ0) is 13.6. The smallest absolute Gasteiger partial charge is 0.222 e. The van der Waals surface area contributed by atoms with Gasteiger partial charge >= 0.3 is 0 Å². The zero-order valence-corrected chi connectivity index (χ0v) is 13.1. The van der Waals surface area contributed by atoms with Crippen LogP contribution in [0, 0.1) is 0 Å². The lowest BCUT2D eigenvalue weighted by Gasteiger charge is -2.22. The summed E-state index contributed by atoms with van der Waals surface area (Å²) in [6.45, 7) is 11.6. The van der Waals surface area contributed by atoms with E-state index in [-0.39, 0.29) is 0 Å². The first-order valence-electron chi connectivity index (χ1n) is 7.06. The van der Waals surface area contributed by atoms with Crippen LogP contribution in [-0.4, -0.2) is 47.0 Å². The van der Waals surface area contributed by atoms with Crippen LogP contribution in [0.15, 0.2) is 0 Å². The van der Waals surface area contributed by atoms with Crippen LogP contribution in [0.5, 0.6) is 0 Å². The van der Waals surface area contributed by atoms with Crippen LogP contribution in [0.25, 0.3) is 0 Å². The highest BCUT2D eigenvalue weighted by atomic mass is 32.2. The van der Waals surface area contributed by atoms with Crippen LogP contribution < -0.4 is 5.32 Å². The molecule has 1 N–H and O–H groups in total. The fourth-order valence-electron chi connectivity index (χ4n) is 2.06. The Hall–Kier alpha value is -0.220. The van der Waals surface area contributed by atoms with E-state index in [1.54, 1.807) is 0 Å². The molecule has 1 saturated heterocycles. The van der Waals surface area contributed by atoms with Gasteiger partial charge in [-0.05, 0) is 19.4 Å². The number of nitrogens with one attached hydrogen (secondary N) is 1. The molecule has 1 rings (SSSR count). The largest absolute Gasteiger partial charge is 0.342 e. The zero-order valence-electron chi connectivity index (χ0n) is 12.3. The first-order valence-corrected chi connectivity index (χ1v) is 8.04. The van der Waals surface area contributed by atoms with Gasteiger partial charge in [0.25, 0.3) is 0 Å². The van der Waals surface area contributed by atoms with Crippen molar-refractivity contribution in [3.63, 3.8) is 0 Å². The molecule has 0 bridgehead atoms. The third-order valence-corrected chi connectivity index (χ3v) is 4.68. The summed E-state index contributed by atoms with van der Waals surface area (Å²) in [5.41, 5.74) is 0. The first-order chi connectivity index (χ1) is 8.41. The van der Waals surface area contributed by atoms with E-state index in [0.29, 0.717) is 23.1 Å². The number of hydrogen-bond acceptors (Lipinski definition) is 3. The number of nitrogens with zero attached hydrogens (tertiary/aromatic N) is 1. The van der Waals surface area contributed by atoms with Gasteiger partial charge in [0.15, 0.2) is 0 Å². The maximum Gasteiger partial charge on any atom is 0.222 e. The molecule has 0 aromatic carbocycles. The average Bonchev–Trinajstić information content (AvgIpc) is 2.45. The highest BCUT2D eigenvalue weighted by Gasteiger charge is 2.25.